The number of rotatable bonds is 5. The van der Waals surface area contributed by atoms with Crippen molar-refractivity contribution in [1.82, 2.24) is 20.2 Å². The fourth-order valence-corrected chi connectivity index (χ4v) is 2.00. The predicted octanol–water partition coefficient (Wildman–Crippen LogP) is 1.93. The summed E-state index contributed by atoms with van der Waals surface area (Å²) >= 11 is 0. The van der Waals surface area contributed by atoms with Crippen molar-refractivity contribution in [2.75, 3.05) is 0 Å². The van der Waals surface area contributed by atoms with Gasteiger partial charge in [0.1, 0.15) is 12.9 Å². The summed E-state index contributed by atoms with van der Waals surface area (Å²) in [4.78, 5) is 22.2. The molecule has 3 aromatic rings. The number of ether oxygens (including phenoxy) is 1. The molecule has 2 aromatic carbocycles. The first kappa shape index (κ1) is 15.3. The molecule has 0 unspecified atom stereocenters. The van der Waals surface area contributed by atoms with Gasteiger partial charge in [-0.05, 0) is 46.3 Å². The minimum Gasteiger partial charge on any atom is -0.457 e. The van der Waals surface area contributed by atoms with Gasteiger partial charge in [0.15, 0.2) is 0 Å². The van der Waals surface area contributed by atoms with Crippen molar-refractivity contribution in [3.63, 3.8) is 0 Å². The SMILES string of the molecule is O=C(OCc1ccc([N+](=O)[O-])cc1)c1cccc(-n2cnnn2)c1. The Bertz CT molecular complexity index is 862. The van der Waals surface area contributed by atoms with E-state index in [1.54, 1.807) is 36.4 Å². The summed E-state index contributed by atoms with van der Waals surface area (Å²) in [6.07, 6.45) is 1.42. The van der Waals surface area contributed by atoms with Crippen LogP contribution < -0.4 is 0 Å². The van der Waals surface area contributed by atoms with E-state index >= 15 is 0 Å². The molecule has 0 radical (unpaired) electrons. The lowest BCUT2D eigenvalue weighted by Gasteiger charge is -2.06. The molecule has 1 aromatic heterocycles. The summed E-state index contributed by atoms with van der Waals surface area (Å²) in [6, 6.07) is 12.5. The number of hydrogen-bond donors (Lipinski definition) is 0. The fraction of sp³-hybridized carbons (Fsp3) is 0.0667. The van der Waals surface area contributed by atoms with E-state index in [0.717, 1.165) is 0 Å². The van der Waals surface area contributed by atoms with Crippen LogP contribution in [0.1, 0.15) is 15.9 Å². The number of nitrogens with zero attached hydrogens (tertiary/aromatic N) is 5. The molecule has 9 heteroatoms. The molecule has 0 N–H and O–H groups in total. The summed E-state index contributed by atoms with van der Waals surface area (Å²) in [6.45, 7) is 0.0198. The van der Waals surface area contributed by atoms with Crippen LogP contribution in [-0.4, -0.2) is 31.1 Å². The second-order valence-corrected chi connectivity index (χ2v) is 4.80. The number of carbonyl (C=O) groups excluding carboxylic acids is 1. The van der Waals surface area contributed by atoms with Gasteiger partial charge in [-0.3, -0.25) is 10.1 Å². The van der Waals surface area contributed by atoms with E-state index in [2.05, 4.69) is 15.5 Å². The highest BCUT2D eigenvalue weighted by atomic mass is 16.6. The lowest BCUT2D eigenvalue weighted by Crippen LogP contribution is -2.06. The van der Waals surface area contributed by atoms with Gasteiger partial charge in [-0.2, -0.15) is 0 Å². The molecule has 0 bridgehead atoms. The number of benzene rings is 2. The van der Waals surface area contributed by atoms with Gasteiger partial charge in [0.05, 0.1) is 16.2 Å². The number of nitro benzene ring substituents is 1. The molecule has 1 heterocycles. The Hall–Kier alpha value is -3.62. The van der Waals surface area contributed by atoms with Gasteiger partial charge in [0.25, 0.3) is 5.69 Å². The maximum absolute atomic E-state index is 12.1. The fourth-order valence-electron chi connectivity index (χ4n) is 2.00. The molecule has 0 fully saturated rings. The summed E-state index contributed by atoms with van der Waals surface area (Å²) in [7, 11) is 0. The number of non-ortho nitro benzene ring substituents is 1. The van der Waals surface area contributed by atoms with Crippen LogP contribution in [0.4, 0.5) is 5.69 Å². The van der Waals surface area contributed by atoms with Crippen LogP contribution >= 0.6 is 0 Å². The van der Waals surface area contributed by atoms with E-state index in [0.29, 0.717) is 16.8 Å². The second-order valence-electron chi connectivity index (χ2n) is 4.80. The van der Waals surface area contributed by atoms with Crippen LogP contribution in [0.25, 0.3) is 5.69 Å². The average Bonchev–Trinajstić information content (AvgIpc) is 3.15. The normalized spacial score (nSPS) is 10.3. The number of tetrazole rings is 1. The molecule has 0 aliphatic carbocycles. The Kier molecular flexibility index (Phi) is 4.23. The molecule has 9 nitrogen and oxygen atoms in total. The minimum absolute atomic E-state index is 0.0146. The van der Waals surface area contributed by atoms with E-state index in [9.17, 15) is 14.9 Å². The number of aromatic nitrogens is 4. The van der Waals surface area contributed by atoms with Gasteiger partial charge in [-0.25, -0.2) is 9.48 Å². The molecule has 0 amide bonds. The maximum atomic E-state index is 12.1. The zero-order valence-corrected chi connectivity index (χ0v) is 12.3. The van der Waals surface area contributed by atoms with E-state index in [-0.39, 0.29) is 12.3 Å². The van der Waals surface area contributed by atoms with Gasteiger partial charge >= 0.3 is 5.97 Å². The molecule has 0 aliphatic rings. The molecule has 0 saturated heterocycles. The van der Waals surface area contributed by atoms with Crippen LogP contribution in [0.2, 0.25) is 0 Å². The monoisotopic (exact) mass is 325 g/mol. The van der Waals surface area contributed by atoms with Gasteiger partial charge in [-0.1, -0.05) is 6.07 Å². The summed E-state index contributed by atoms with van der Waals surface area (Å²) in [5.41, 5.74) is 1.62. The van der Waals surface area contributed by atoms with E-state index in [1.165, 1.54) is 23.1 Å². The van der Waals surface area contributed by atoms with Gasteiger partial charge < -0.3 is 4.74 Å². The molecule has 24 heavy (non-hydrogen) atoms. The smallest absolute Gasteiger partial charge is 0.338 e. The highest BCUT2D eigenvalue weighted by molar-refractivity contribution is 5.90. The molecular formula is C15H11N5O4. The number of nitro groups is 1. The van der Waals surface area contributed by atoms with Crippen LogP contribution in [0.3, 0.4) is 0 Å². The molecule has 0 aliphatic heterocycles. The molecule has 3 rings (SSSR count). The molecular weight excluding hydrogens is 314 g/mol. The summed E-state index contributed by atoms with van der Waals surface area (Å²) in [5.74, 6) is -0.511. The first-order chi connectivity index (χ1) is 11.6. The van der Waals surface area contributed by atoms with Crippen LogP contribution in [0.15, 0.2) is 54.9 Å². The Labute approximate surface area is 135 Å². The van der Waals surface area contributed by atoms with Crippen molar-refractivity contribution in [3.05, 3.63) is 76.1 Å². The van der Waals surface area contributed by atoms with Gasteiger partial charge in [0.2, 0.25) is 0 Å². The molecule has 0 atom stereocenters. The zero-order chi connectivity index (χ0) is 16.9. The van der Waals surface area contributed by atoms with Crippen molar-refractivity contribution in [2.45, 2.75) is 6.61 Å². The highest BCUT2D eigenvalue weighted by Gasteiger charge is 2.10. The molecule has 0 saturated carbocycles. The summed E-state index contributed by atoms with van der Waals surface area (Å²) in [5, 5.41) is 21.4. The van der Waals surface area contributed by atoms with Crippen LogP contribution in [0.5, 0.6) is 0 Å². The Morgan fingerprint density at radius 3 is 2.67 bits per heavy atom. The van der Waals surface area contributed by atoms with E-state index in [4.69, 9.17) is 4.74 Å². The van der Waals surface area contributed by atoms with Gasteiger partial charge in [0, 0.05) is 12.1 Å². The quantitative estimate of drug-likeness (QED) is 0.400. The van der Waals surface area contributed by atoms with Crippen LogP contribution in [0, 0.1) is 10.1 Å². The van der Waals surface area contributed by atoms with Crippen molar-refractivity contribution < 1.29 is 14.5 Å². The minimum atomic E-state index is -0.511. The largest absolute Gasteiger partial charge is 0.457 e. The highest BCUT2D eigenvalue weighted by Crippen LogP contribution is 2.14. The molecule has 0 spiro atoms. The van der Waals surface area contributed by atoms with Crippen molar-refractivity contribution in [1.29, 1.82) is 0 Å². The first-order valence-corrected chi connectivity index (χ1v) is 6.87. The number of carbonyl (C=O) groups is 1. The molecule has 120 valence electrons. The average molecular weight is 325 g/mol. The predicted molar refractivity (Wildman–Crippen MR) is 81.4 cm³/mol. The Balaban J connectivity index is 1.67. The topological polar surface area (TPSA) is 113 Å². The van der Waals surface area contributed by atoms with Gasteiger partial charge in [-0.15, -0.1) is 5.10 Å². The second kappa shape index (κ2) is 6.65. The lowest BCUT2D eigenvalue weighted by atomic mass is 10.2. The summed E-state index contributed by atoms with van der Waals surface area (Å²) < 4.78 is 6.64. The van der Waals surface area contributed by atoms with Crippen molar-refractivity contribution >= 4 is 11.7 Å². The third-order valence-corrected chi connectivity index (χ3v) is 3.21. The number of esters is 1. The standard InChI is InChI=1S/C15H11N5O4/c21-15(24-9-11-4-6-13(7-5-11)20(22)23)12-2-1-3-14(8-12)19-10-16-17-18-19/h1-8,10H,9H2. The van der Waals surface area contributed by atoms with Crippen molar-refractivity contribution in [3.8, 4) is 5.69 Å². The lowest BCUT2D eigenvalue weighted by molar-refractivity contribution is -0.384. The zero-order valence-electron chi connectivity index (χ0n) is 12.3. The third-order valence-electron chi connectivity index (χ3n) is 3.21. The first-order valence-electron chi connectivity index (χ1n) is 6.87. The van der Waals surface area contributed by atoms with E-state index < -0.39 is 10.9 Å². The van der Waals surface area contributed by atoms with Crippen molar-refractivity contribution in [2.24, 2.45) is 0 Å². The third kappa shape index (κ3) is 3.40. The van der Waals surface area contributed by atoms with Crippen LogP contribution in [-0.2, 0) is 11.3 Å². The Morgan fingerprint density at radius 2 is 2.00 bits per heavy atom. The van der Waals surface area contributed by atoms with E-state index in [1.807, 2.05) is 0 Å². The Morgan fingerprint density at radius 1 is 1.21 bits per heavy atom. The number of hydrogen-bond acceptors (Lipinski definition) is 7. The maximum Gasteiger partial charge on any atom is 0.338 e.